The van der Waals surface area contributed by atoms with Crippen LogP contribution < -0.4 is 5.32 Å². The van der Waals surface area contributed by atoms with Crippen LogP contribution in [-0.2, 0) is 6.54 Å². The highest BCUT2D eigenvalue weighted by atomic mass is 35.5. The molecule has 4 heteroatoms. The lowest BCUT2D eigenvalue weighted by molar-refractivity contribution is 0.0899. The lowest BCUT2D eigenvalue weighted by Crippen LogP contribution is -2.57. The summed E-state index contributed by atoms with van der Waals surface area (Å²) in [6.45, 7) is 9.50. The second kappa shape index (κ2) is 6.88. The van der Waals surface area contributed by atoms with Crippen molar-refractivity contribution in [3.8, 4) is 0 Å². The molecule has 20 heavy (non-hydrogen) atoms. The van der Waals surface area contributed by atoms with E-state index in [1.807, 2.05) is 6.07 Å². The Morgan fingerprint density at radius 1 is 1.45 bits per heavy atom. The lowest BCUT2D eigenvalue weighted by Gasteiger charge is -2.42. The number of rotatable bonds is 4. The smallest absolute Gasteiger partial charge is 0.142 e. The summed E-state index contributed by atoms with van der Waals surface area (Å²) in [5.74, 6) is 0.255. The molecule has 0 bridgehead atoms. The molecule has 1 aliphatic heterocycles. The van der Waals surface area contributed by atoms with Gasteiger partial charge in [-0.3, -0.25) is 4.90 Å². The highest BCUT2D eigenvalue weighted by molar-refractivity contribution is 6.30. The number of nitrogens with one attached hydrogen (secondary N) is 1. The second-order valence-corrected chi connectivity index (χ2v) is 6.41. The lowest BCUT2D eigenvalue weighted by atomic mass is 9.97. The Morgan fingerprint density at radius 3 is 2.80 bits per heavy atom. The zero-order valence-corrected chi connectivity index (χ0v) is 13.3. The van der Waals surface area contributed by atoms with Gasteiger partial charge in [-0.2, -0.15) is 0 Å². The number of halogens is 2. The first-order valence-electron chi connectivity index (χ1n) is 7.42. The molecule has 1 aromatic rings. The molecule has 2 unspecified atom stereocenters. The summed E-state index contributed by atoms with van der Waals surface area (Å²) in [6.07, 6.45) is 1.12. The van der Waals surface area contributed by atoms with E-state index in [-0.39, 0.29) is 10.8 Å². The largest absolute Gasteiger partial charge is 0.311 e. The van der Waals surface area contributed by atoms with Crippen LogP contribution in [0.2, 0.25) is 5.02 Å². The van der Waals surface area contributed by atoms with Gasteiger partial charge in [-0.25, -0.2) is 4.39 Å². The number of nitrogens with zero attached hydrogens (tertiary/aromatic N) is 1. The predicted molar refractivity (Wildman–Crippen MR) is 82.5 cm³/mol. The maximum absolute atomic E-state index is 13.6. The molecule has 1 saturated heterocycles. The third-order valence-corrected chi connectivity index (χ3v) is 4.48. The van der Waals surface area contributed by atoms with Crippen LogP contribution in [0.1, 0.15) is 32.8 Å². The minimum absolute atomic E-state index is 0.195. The van der Waals surface area contributed by atoms with Crippen molar-refractivity contribution in [3.63, 3.8) is 0 Å². The fourth-order valence-corrected chi connectivity index (χ4v) is 3.00. The third-order valence-electron chi connectivity index (χ3n) is 4.17. The molecule has 2 nitrogen and oxygen atoms in total. The monoisotopic (exact) mass is 298 g/mol. The molecule has 0 aromatic heterocycles. The van der Waals surface area contributed by atoms with E-state index in [9.17, 15) is 4.39 Å². The highest BCUT2D eigenvalue weighted by Crippen LogP contribution is 2.21. The number of hydrogen-bond acceptors (Lipinski definition) is 2. The van der Waals surface area contributed by atoms with Crippen molar-refractivity contribution in [2.75, 3.05) is 13.1 Å². The Kier molecular flexibility index (Phi) is 5.42. The van der Waals surface area contributed by atoms with Gasteiger partial charge in [0, 0.05) is 31.7 Å². The minimum Gasteiger partial charge on any atom is -0.311 e. The predicted octanol–water partition coefficient (Wildman–Crippen LogP) is 3.69. The summed E-state index contributed by atoms with van der Waals surface area (Å²) in [4.78, 5) is 2.47. The van der Waals surface area contributed by atoms with Crippen molar-refractivity contribution in [1.82, 2.24) is 10.2 Å². The fourth-order valence-electron chi connectivity index (χ4n) is 2.88. The summed E-state index contributed by atoms with van der Waals surface area (Å²) in [5.41, 5.74) is 0.995. The van der Waals surface area contributed by atoms with Gasteiger partial charge in [-0.15, -0.1) is 0 Å². The first-order chi connectivity index (χ1) is 9.51. The SMILES string of the molecule is CCC1CN(Cc2ccc(Cl)c(F)c2)C(C(C)C)CN1. The number of piperazine rings is 1. The van der Waals surface area contributed by atoms with Crippen molar-refractivity contribution in [2.24, 2.45) is 5.92 Å². The Hall–Kier alpha value is -0.640. The van der Waals surface area contributed by atoms with Crippen LogP contribution in [0.5, 0.6) is 0 Å². The zero-order chi connectivity index (χ0) is 14.7. The van der Waals surface area contributed by atoms with Gasteiger partial charge in [0.05, 0.1) is 5.02 Å². The van der Waals surface area contributed by atoms with Crippen LogP contribution in [0.15, 0.2) is 18.2 Å². The first-order valence-corrected chi connectivity index (χ1v) is 7.80. The van der Waals surface area contributed by atoms with Crippen LogP contribution >= 0.6 is 11.6 Å². The van der Waals surface area contributed by atoms with E-state index in [4.69, 9.17) is 11.6 Å². The van der Waals surface area contributed by atoms with Gasteiger partial charge in [-0.1, -0.05) is 38.4 Å². The average molecular weight is 299 g/mol. The van der Waals surface area contributed by atoms with Crippen molar-refractivity contribution >= 4 is 11.6 Å². The van der Waals surface area contributed by atoms with Crippen LogP contribution in [0.4, 0.5) is 4.39 Å². The van der Waals surface area contributed by atoms with Crippen LogP contribution in [-0.4, -0.2) is 30.1 Å². The first kappa shape index (κ1) is 15.7. The Balaban J connectivity index is 2.11. The molecule has 1 heterocycles. The minimum atomic E-state index is -0.326. The maximum atomic E-state index is 13.6. The highest BCUT2D eigenvalue weighted by Gasteiger charge is 2.29. The Labute approximate surface area is 126 Å². The van der Waals surface area contributed by atoms with E-state index in [0.29, 0.717) is 18.0 Å². The van der Waals surface area contributed by atoms with Gasteiger partial charge in [0.15, 0.2) is 0 Å². The maximum Gasteiger partial charge on any atom is 0.142 e. The van der Waals surface area contributed by atoms with Crippen molar-refractivity contribution < 1.29 is 4.39 Å². The Bertz CT molecular complexity index is 450. The molecule has 1 N–H and O–H groups in total. The summed E-state index contributed by atoms with van der Waals surface area (Å²) in [5, 5.41) is 3.79. The van der Waals surface area contributed by atoms with E-state index in [2.05, 4.69) is 31.0 Å². The van der Waals surface area contributed by atoms with Gasteiger partial charge >= 0.3 is 0 Å². The van der Waals surface area contributed by atoms with E-state index in [1.54, 1.807) is 12.1 Å². The fraction of sp³-hybridized carbons (Fsp3) is 0.625. The van der Waals surface area contributed by atoms with Crippen LogP contribution in [0.25, 0.3) is 0 Å². The topological polar surface area (TPSA) is 15.3 Å². The summed E-state index contributed by atoms with van der Waals surface area (Å²) in [6, 6.07) is 6.16. The quantitative estimate of drug-likeness (QED) is 0.912. The standard InChI is InChI=1S/C16H24ClFN2/c1-4-13-10-20(16(8-19-13)11(2)3)9-12-5-6-14(17)15(18)7-12/h5-7,11,13,16,19H,4,8-10H2,1-3H3. The third kappa shape index (κ3) is 3.72. The van der Waals surface area contributed by atoms with E-state index in [1.165, 1.54) is 0 Å². The second-order valence-electron chi connectivity index (χ2n) is 6.00. The molecule has 0 spiro atoms. The molecule has 1 aliphatic rings. The summed E-state index contributed by atoms with van der Waals surface area (Å²) < 4.78 is 13.6. The van der Waals surface area contributed by atoms with Gasteiger partial charge in [0.25, 0.3) is 0 Å². The number of benzene rings is 1. The molecule has 0 amide bonds. The molecular weight excluding hydrogens is 275 g/mol. The molecule has 0 radical (unpaired) electrons. The number of hydrogen-bond donors (Lipinski definition) is 1. The van der Waals surface area contributed by atoms with Crippen molar-refractivity contribution in [3.05, 3.63) is 34.6 Å². The molecule has 1 aromatic carbocycles. The molecule has 0 aliphatic carbocycles. The molecule has 2 rings (SSSR count). The summed E-state index contributed by atoms with van der Waals surface area (Å²) in [7, 11) is 0. The molecular formula is C16H24ClFN2. The van der Waals surface area contributed by atoms with Gasteiger partial charge in [0.1, 0.15) is 5.82 Å². The van der Waals surface area contributed by atoms with Crippen molar-refractivity contribution in [2.45, 2.75) is 45.8 Å². The van der Waals surface area contributed by atoms with Gasteiger partial charge in [0.2, 0.25) is 0 Å². The average Bonchev–Trinajstić information content (AvgIpc) is 2.42. The van der Waals surface area contributed by atoms with Crippen LogP contribution in [0.3, 0.4) is 0 Å². The zero-order valence-electron chi connectivity index (χ0n) is 12.5. The van der Waals surface area contributed by atoms with Gasteiger partial charge in [-0.05, 0) is 30.0 Å². The molecule has 0 saturated carbocycles. The van der Waals surface area contributed by atoms with E-state index in [0.717, 1.165) is 31.6 Å². The van der Waals surface area contributed by atoms with E-state index >= 15 is 0 Å². The molecule has 2 atom stereocenters. The summed E-state index contributed by atoms with van der Waals surface area (Å²) >= 11 is 5.75. The van der Waals surface area contributed by atoms with Crippen molar-refractivity contribution in [1.29, 1.82) is 0 Å². The normalized spacial score (nSPS) is 24.3. The molecule has 112 valence electrons. The van der Waals surface area contributed by atoms with Gasteiger partial charge < -0.3 is 5.32 Å². The van der Waals surface area contributed by atoms with Crippen LogP contribution in [0, 0.1) is 11.7 Å². The molecule has 1 fully saturated rings. The Morgan fingerprint density at radius 2 is 2.20 bits per heavy atom. The van der Waals surface area contributed by atoms with E-state index < -0.39 is 0 Å².